The van der Waals surface area contributed by atoms with Crippen LogP contribution in [0.5, 0.6) is 0 Å². The Morgan fingerprint density at radius 3 is 1.70 bits per heavy atom. The second-order valence-corrected chi connectivity index (χ2v) is 7.01. The van der Waals surface area contributed by atoms with Crippen molar-refractivity contribution in [1.29, 1.82) is 0 Å². The van der Waals surface area contributed by atoms with Crippen molar-refractivity contribution in [2.75, 3.05) is 13.1 Å². The van der Waals surface area contributed by atoms with Gasteiger partial charge >= 0.3 is 35.7 Å². The third kappa shape index (κ3) is 21.6. The van der Waals surface area contributed by atoms with Crippen LogP contribution in [0, 0.1) is 0 Å². The molecule has 0 radical (unpaired) electrons. The van der Waals surface area contributed by atoms with Crippen molar-refractivity contribution < 1.29 is 49.4 Å². The van der Waals surface area contributed by atoms with E-state index in [9.17, 15) is 14.7 Å². The average molecular weight is 392 g/mol. The van der Waals surface area contributed by atoms with Gasteiger partial charge in [-0.1, -0.05) is 76.9 Å². The van der Waals surface area contributed by atoms with Crippen LogP contribution in [0.3, 0.4) is 0 Å². The number of carboxylic acid groups (broad SMARTS) is 2. The van der Waals surface area contributed by atoms with E-state index in [2.05, 4.69) is 19.1 Å². The molecule has 0 saturated carbocycles. The Hall–Kier alpha value is -0.520. The summed E-state index contributed by atoms with van der Waals surface area (Å²) >= 11 is 0. The summed E-state index contributed by atoms with van der Waals surface area (Å²) < 4.78 is 0. The molecule has 5 nitrogen and oxygen atoms in total. The zero-order valence-corrected chi connectivity index (χ0v) is 19.6. The molecule has 0 aromatic carbocycles. The second kappa shape index (κ2) is 21.8. The number of hydrogen-bond donors (Lipinski definition) is 1. The summed E-state index contributed by atoms with van der Waals surface area (Å²) in [7, 11) is 0. The zero-order valence-electron chi connectivity index (χ0n) is 17.6. The predicted octanol–water partition coefficient (Wildman–Crippen LogP) is 1.76. The van der Waals surface area contributed by atoms with Crippen LogP contribution in [0.15, 0.2) is 12.2 Å². The van der Waals surface area contributed by atoms with Crippen LogP contribution in [-0.2, 0) is 4.79 Å². The zero-order chi connectivity index (χ0) is 19.5. The van der Waals surface area contributed by atoms with E-state index in [1.54, 1.807) is 0 Å². The number of amides is 1. The number of carbonyl (C=O) groups excluding carboxylic acids is 1. The summed E-state index contributed by atoms with van der Waals surface area (Å²) in [5, 5.41) is 19.3. The fourth-order valence-electron chi connectivity index (χ4n) is 2.95. The molecule has 0 unspecified atom stereocenters. The third-order valence-corrected chi connectivity index (χ3v) is 4.53. The molecule has 0 aliphatic heterocycles. The van der Waals surface area contributed by atoms with Crippen molar-refractivity contribution in [2.45, 2.75) is 96.8 Å². The molecular formula is C21H38NNaO4. The van der Waals surface area contributed by atoms with Gasteiger partial charge in [-0.15, -0.1) is 0 Å². The van der Waals surface area contributed by atoms with E-state index in [0.29, 0.717) is 6.42 Å². The van der Waals surface area contributed by atoms with E-state index in [-0.39, 0.29) is 36.1 Å². The molecule has 6 heteroatoms. The number of rotatable bonds is 18. The van der Waals surface area contributed by atoms with Gasteiger partial charge < -0.3 is 19.9 Å². The first-order chi connectivity index (χ1) is 12.6. The van der Waals surface area contributed by atoms with Gasteiger partial charge in [0, 0.05) is 6.54 Å². The van der Waals surface area contributed by atoms with Gasteiger partial charge in [-0.3, -0.25) is 0 Å². The summed E-state index contributed by atoms with van der Waals surface area (Å²) in [6, 6.07) is 0. The minimum absolute atomic E-state index is 0. The standard InChI is InChI=1S/C21H39NO4.Na/c1-2-3-4-5-6-7-8-9-10-11-12-13-14-15-16-17-18-22(21(25)26)19-20(23)24;/h9-10H,2-8,11-19H2,1H3,(H,23,24)(H,25,26);/q;+1/p-1/b10-9-;. The van der Waals surface area contributed by atoms with Gasteiger partial charge in [0.1, 0.15) is 0 Å². The number of carbonyl (C=O) groups is 2. The van der Waals surface area contributed by atoms with Gasteiger partial charge in [-0.2, -0.15) is 0 Å². The molecule has 0 bridgehead atoms. The normalized spacial score (nSPS) is 10.7. The number of nitrogens with zero attached hydrogens (tertiary/aromatic N) is 1. The molecule has 27 heavy (non-hydrogen) atoms. The monoisotopic (exact) mass is 391 g/mol. The molecule has 152 valence electrons. The molecule has 1 N–H and O–H groups in total. The molecule has 0 aromatic heterocycles. The van der Waals surface area contributed by atoms with E-state index in [1.165, 1.54) is 57.8 Å². The average Bonchev–Trinajstić information content (AvgIpc) is 2.59. The van der Waals surface area contributed by atoms with Crippen molar-refractivity contribution in [3.63, 3.8) is 0 Å². The van der Waals surface area contributed by atoms with Gasteiger partial charge in [0.15, 0.2) is 0 Å². The Kier molecular flexibility index (Phi) is 23.1. The van der Waals surface area contributed by atoms with Gasteiger partial charge in [-0.05, 0) is 32.1 Å². The van der Waals surface area contributed by atoms with E-state index < -0.39 is 18.6 Å². The summed E-state index contributed by atoms with van der Waals surface area (Å²) in [5.41, 5.74) is 0. The summed E-state index contributed by atoms with van der Waals surface area (Å²) in [5.74, 6) is -1.35. The van der Waals surface area contributed by atoms with Crippen molar-refractivity contribution in [2.24, 2.45) is 0 Å². The number of aliphatic carboxylic acids is 1. The van der Waals surface area contributed by atoms with Crippen LogP contribution in [-0.4, -0.2) is 35.2 Å². The number of unbranched alkanes of at least 4 members (excludes halogenated alkanes) is 12. The van der Waals surface area contributed by atoms with Crippen LogP contribution in [0.4, 0.5) is 4.79 Å². The first kappa shape index (κ1) is 28.7. The Labute approximate surface area is 187 Å². The van der Waals surface area contributed by atoms with Crippen LogP contribution in [0.25, 0.3) is 0 Å². The first-order valence-electron chi connectivity index (χ1n) is 10.4. The second-order valence-electron chi connectivity index (χ2n) is 7.01. The summed E-state index contributed by atoms with van der Waals surface area (Å²) in [4.78, 5) is 22.2. The molecular weight excluding hydrogens is 353 g/mol. The molecule has 0 saturated heterocycles. The SMILES string of the molecule is CCCCCCCC/C=C\CCCCCCCCN(CC(=O)[O-])C(=O)O.[Na+]. The summed E-state index contributed by atoms with van der Waals surface area (Å²) in [6.45, 7) is 1.97. The van der Waals surface area contributed by atoms with Crippen LogP contribution in [0.2, 0.25) is 0 Å². The van der Waals surface area contributed by atoms with Crippen LogP contribution >= 0.6 is 0 Å². The molecule has 0 aliphatic carbocycles. The largest absolute Gasteiger partial charge is 1.00 e. The van der Waals surface area contributed by atoms with Crippen molar-refractivity contribution >= 4 is 12.1 Å². The van der Waals surface area contributed by atoms with Gasteiger partial charge in [-0.25, -0.2) is 4.79 Å². The maximum absolute atomic E-state index is 10.9. The fraction of sp³-hybridized carbons (Fsp3) is 0.810. The smallest absolute Gasteiger partial charge is 0.548 e. The van der Waals surface area contributed by atoms with E-state index in [4.69, 9.17) is 5.11 Å². The van der Waals surface area contributed by atoms with Gasteiger partial charge in [0.05, 0.1) is 12.5 Å². The molecule has 0 spiro atoms. The molecule has 1 amide bonds. The molecule has 0 aromatic rings. The first-order valence-corrected chi connectivity index (χ1v) is 10.4. The Morgan fingerprint density at radius 2 is 1.26 bits per heavy atom. The van der Waals surface area contributed by atoms with Crippen LogP contribution in [0.1, 0.15) is 96.8 Å². The van der Waals surface area contributed by atoms with E-state index in [0.717, 1.165) is 30.6 Å². The number of allylic oxidation sites excluding steroid dienone is 2. The Balaban J connectivity index is 0. The predicted molar refractivity (Wildman–Crippen MR) is 104 cm³/mol. The maximum atomic E-state index is 10.9. The van der Waals surface area contributed by atoms with Gasteiger partial charge in [0.2, 0.25) is 0 Å². The van der Waals surface area contributed by atoms with Crippen LogP contribution < -0.4 is 34.7 Å². The van der Waals surface area contributed by atoms with Crippen molar-refractivity contribution in [3.05, 3.63) is 12.2 Å². The quantitative estimate of drug-likeness (QED) is 0.219. The molecule has 0 heterocycles. The minimum atomic E-state index is -1.35. The summed E-state index contributed by atoms with van der Waals surface area (Å²) in [6.07, 6.45) is 20.1. The molecule has 0 atom stereocenters. The van der Waals surface area contributed by atoms with E-state index >= 15 is 0 Å². The van der Waals surface area contributed by atoms with E-state index in [1.807, 2.05) is 0 Å². The van der Waals surface area contributed by atoms with Gasteiger partial charge in [0.25, 0.3) is 0 Å². The maximum Gasteiger partial charge on any atom is 1.00 e. The number of hydrogen-bond acceptors (Lipinski definition) is 3. The third-order valence-electron chi connectivity index (χ3n) is 4.53. The minimum Gasteiger partial charge on any atom is -0.548 e. The van der Waals surface area contributed by atoms with Crippen molar-refractivity contribution in [1.82, 2.24) is 4.90 Å². The molecule has 0 aliphatic rings. The topological polar surface area (TPSA) is 80.7 Å². The van der Waals surface area contributed by atoms with Crippen molar-refractivity contribution in [3.8, 4) is 0 Å². The molecule has 0 rings (SSSR count). The molecule has 0 fully saturated rings. The Bertz CT molecular complexity index is 388. The fourth-order valence-corrected chi connectivity index (χ4v) is 2.95. The Morgan fingerprint density at radius 1 is 0.815 bits per heavy atom. The number of carboxylic acids is 1.